The van der Waals surface area contributed by atoms with Crippen molar-refractivity contribution in [2.75, 3.05) is 6.54 Å². The van der Waals surface area contributed by atoms with E-state index in [-0.39, 0.29) is 11.8 Å². The fraction of sp³-hybridized carbons (Fsp3) is 0.556. The molecule has 10 nitrogen and oxygen atoms in total. The number of hydrogen-bond donors (Lipinski definition) is 3. The number of nitrogens with zero attached hydrogens (tertiary/aromatic N) is 4. The number of rotatable bonds is 9. The van der Waals surface area contributed by atoms with Gasteiger partial charge >= 0.3 is 0 Å². The highest BCUT2D eigenvalue weighted by molar-refractivity contribution is 9.10. The van der Waals surface area contributed by atoms with Crippen LogP contribution in [0.3, 0.4) is 0 Å². The Balaban J connectivity index is 1.48. The van der Waals surface area contributed by atoms with Crippen molar-refractivity contribution in [3.05, 3.63) is 46.5 Å². The lowest BCUT2D eigenvalue weighted by Gasteiger charge is -2.39. The maximum Gasteiger partial charge on any atom is 0.258 e. The fourth-order valence-corrected chi connectivity index (χ4v) is 5.31. The van der Waals surface area contributed by atoms with Crippen LogP contribution in [-0.2, 0) is 9.59 Å². The number of likely N-dealkylation sites (tertiary alicyclic amines) is 1. The van der Waals surface area contributed by atoms with Crippen molar-refractivity contribution >= 4 is 27.7 Å². The minimum atomic E-state index is -0.667. The first kappa shape index (κ1) is 28.1. The summed E-state index contributed by atoms with van der Waals surface area (Å²) in [6.45, 7) is 8.33. The van der Waals surface area contributed by atoms with E-state index in [0.29, 0.717) is 42.7 Å². The molecule has 1 saturated heterocycles. The minimum Gasteiger partial charge on any atom is -0.401 e. The van der Waals surface area contributed by atoms with E-state index in [1.165, 1.54) is 5.01 Å². The topological polar surface area (TPSA) is 144 Å². The van der Waals surface area contributed by atoms with Gasteiger partial charge in [-0.3, -0.25) is 9.59 Å². The molecule has 0 radical (unpaired) electrons. The van der Waals surface area contributed by atoms with Gasteiger partial charge < -0.3 is 25.5 Å². The van der Waals surface area contributed by atoms with Gasteiger partial charge in [0.1, 0.15) is 12.1 Å². The Kier molecular flexibility index (Phi) is 8.46. The zero-order valence-corrected chi connectivity index (χ0v) is 24.1. The van der Waals surface area contributed by atoms with E-state index in [1.54, 1.807) is 11.1 Å². The van der Waals surface area contributed by atoms with Crippen LogP contribution in [0.1, 0.15) is 71.7 Å². The fourth-order valence-electron chi connectivity index (χ4n) is 4.91. The Morgan fingerprint density at radius 2 is 2.05 bits per heavy atom. The minimum absolute atomic E-state index is 0.179. The molecule has 11 heteroatoms. The van der Waals surface area contributed by atoms with Crippen LogP contribution in [0.5, 0.6) is 0 Å². The molecule has 0 bridgehead atoms. The molecule has 2 aliphatic rings. The third-order valence-corrected chi connectivity index (χ3v) is 7.58. The van der Waals surface area contributed by atoms with E-state index >= 15 is 0 Å². The van der Waals surface area contributed by atoms with Crippen LogP contribution in [0.4, 0.5) is 0 Å². The summed E-state index contributed by atoms with van der Waals surface area (Å²) in [5.41, 5.74) is 7.19. The van der Waals surface area contributed by atoms with Gasteiger partial charge in [0.25, 0.3) is 5.89 Å². The van der Waals surface area contributed by atoms with Crippen LogP contribution in [0.15, 0.2) is 45.2 Å². The van der Waals surface area contributed by atoms with Gasteiger partial charge in [-0.2, -0.15) is 4.98 Å². The molecule has 2 heterocycles. The number of allylic oxidation sites excluding steroid dienone is 1. The lowest BCUT2D eigenvalue weighted by molar-refractivity contribution is -0.145. The maximum absolute atomic E-state index is 13.8. The highest BCUT2D eigenvalue weighted by atomic mass is 79.9. The third-order valence-electron chi connectivity index (χ3n) is 7.09. The van der Waals surface area contributed by atoms with Crippen molar-refractivity contribution < 1.29 is 14.1 Å². The Labute approximate surface area is 232 Å². The first-order chi connectivity index (χ1) is 18.0. The van der Waals surface area contributed by atoms with Crippen LogP contribution in [0.2, 0.25) is 0 Å². The van der Waals surface area contributed by atoms with Crippen molar-refractivity contribution in [1.29, 1.82) is 0 Å². The predicted octanol–water partition coefficient (Wildman–Crippen LogP) is 3.86. The van der Waals surface area contributed by atoms with E-state index < -0.39 is 23.5 Å². The Hall–Kier alpha value is -2.92. The number of hydrogen-bond acceptors (Lipinski definition) is 8. The highest BCUT2D eigenvalue weighted by Gasteiger charge is 2.43. The average Bonchev–Trinajstić information content (AvgIpc) is 3.38. The van der Waals surface area contributed by atoms with Gasteiger partial charge in [-0.15, -0.1) is 0 Å². The van der Waals surface area contributed by atoms with E-state index in [0.717, 1.165) is 29.3 Å². The number of carbonyl (C=O) groups excluding carboxylic acids is 2. The van der Waals surface area contributed by atoms with Crippen LogP contribution in [0, 0.1) is 11.3 Å². The summed E-state index contributed by atoms with van der Waals surface area (Å²) in [6.07, 6.45) is 5.64. The summed E-state index contributed by atoms with van der Waals surface area (Å²) >= 11 is 3.45. The zero-order chi connectivity index (χ0) is 27.6. The number of benzene rings is 1. The lowest BCUT2D eigenvalue weighted by Crippen LogP contribution is -2.58. The van der Waals surface area contributed by atoms with Crippen molar-refractivity contribution in [3.8, 4) is 11.5 Å². The molecule has 1 aliphatic heterocycles. The number of amides is 2. The number of nitrogens with two attached hydrogens (primary N) is 2. The summed E-state index contributed by atoms with van der Waals surface area (Å²) in [5, 5.41) is 8.60. The Morgan fingerprint density at radius 3 is 2.68 bits per heavy atom. The molecule has 3 atom stereocenters. The van der Waals surface area contributed by atoms with Crippen molar-refractivity contribution in [3.63, 3.8) is 0 Å². The molecular weight excluding hydrogens is 550 g/mol. The second kappa shape index (κ2) is 11.4. The van der Waals surface area contributed by atoms with Crippen molar-refractivity contribution in [1.82, 2.24) is 25.4 Å². The number of aromatic nitrogens is 2. The molecule has 1 saturated carbocycles. The molecule has 5 N–H and O–H groups in total. The monoisotopic (exact) mass is 587 g/mol. The smallest absolute Gasteiger partial charge is 0.258 e. The van der Waals surface area contributed by atoms with Gasteiger partial charge in [0.2, 0.25) is 11.8 Å². The molecule has 2 aromatic rings. The van der Waals surface area contributed by atoms with Gasteiger partial charge in [0.05, 0.1) is 6.04 Å². The SMILES string of the molecule is CCC(NC(=O)[C@@H]1CCCN1C(=O)[C@@H](N(N)/C=C(\N)C1CC1)C(C)(C)C)c1noc(-c2cccc(Br)c2)n1. The first-order valence-electron chi connectivity index (χ1n) is 13.2. The molecule has 2 amide bonds. The quantitative estimate of drug-likeness (QED) is 0.296. The van der Waals surface area contributed by atoms with E-state index in [1.807, 2.05) is 52.0 Å². The summed E-state index contributed by atoms with van der Waals surface area (Å²) < 4.78 is 6.37. The van der Waals surface area contributed by atoms with Gasteiger partial charge in [0.15, 0.2) is 5.82 Å². The summed E-state index contributed by atoms with van der Waals surface area (Å²) in [4.78, 5) is 33.5. The van der Waals surface area contributed by atoms with Gasteiger partial charge in [-0.05, 0) is 55.7 Å². The Morgan fingerprint density at radius 1 is 1.32 bits per heavy atom. The largest absolute Gasteiger partial charge is 0.401 e. The molecule has 2 fully saturated rings. The number of nitrogens with one attached hydrogen (secondary N) is 1. The average molecular weight is 589 g/mol. The Bertz CT molecular complexity index is 1190. The molecule has 38 heavy (non-hydrogen) atoms. The van der Waals surface area contributed by atoms with Crippen molar-refractivity contribution in [2.45, 2.75) is 77.9 Å². The zero-order valence-electron chi connectivity index (χ0n) is 22.5. The van der Waals surface area contributed by atoms with Crippen LogP contribution in [0.25, 0.3) is 11.5 Å². The van der Waals surface area contributed by atoms with Gasteiger partial charge in [-0.1, -0.05) is 54.8 Å². The standard InChI is InChI=1S/C27H38BrN7O3/c1-5-20(23-32-25(38-33-23)17-8-6-9-18(28)14-17)31-24(36)21-10-7-13-34(21)26(37)22(27(2,3)4)35(30)15-19(29)16-11-12-16/h6,8-9,14-16,20-22H,5,7,10-13,29-30H2,1-4H3,(H,31,36)/b19-15-/t20?,21-,22+/m0/s1. The predicted molar refractivity (Wildman–Crippen MR) is 148 cm³/mol. The lowest BCUT2D eigenvalue weighted by atomic mass is 9.85. The van der Waals surface area contributed by atoms with Crippen LogP contribution in [-0.4, -0.2) is 50.5 Å². The number of hydrazine groups is 1. The first-order valence-corrected chi connectivity index (χ1v) is 14.0. The third kappa shape index (κ3) is 6.37. The number of halogens is 1. The number of carbonyl (C=O) groups is 2. The molecule has 0 spiro atoms. The normalized spacial score (nSPS) is 19.8. The highest BCUT2D eigenvalue weighted by Crippen LogP contribution is 2.35. The summed E-state index contributed by atoms with van der Waals surface area (Å²) in [5.74, 6) is 7.09. The second-order valence-electron chi connectivity index (χ2n) is 11.2. The maximum atomic E-state index is 13.8. The molecule has 206 valence electrons. The van der Waals surface area contributed by atoms with Crippen molar-refractivity contribution in [2.24, 2.45) is 22.9 Å². The molecular formula is C27H38BrN7O3. The summed E-state index contributed by atoms with van der Waals surface area (Å²) in [7, 11) is 0. The van der Waals surface area contributed by atoms with E-state index in [9.17, 15) is 9.59 Å². The molecule has 1 aromatic carbocycles. The van der Waals surface area contributed by atoms with Crippen LogP contribution < -0.4 is 16.9 Å². The molecule has 1 aromatic heterocycles. The van der Waals surface area contributed by atoms with Gasteiger partial charge in [0, 0.05) is 34.4 Å². The van der Waals surface area contributed by atoms with Gasteiger partial charge in [-0.25, -0.2) is 5.84 Å². The van der Waals surface area contributed by atoms with Crippen LogP contribution >= 0.6 is 15.9 Å². The summed E-state index contributed by atoms with van der Waals surface area (Å²) in [6, 6.07) is 5.85. The van der Waals surface area contributed by atoms with E-state index in [4.69, 9.17) is 16.1 Å². The second-order valence-corrected chi connectivity index (χ2v) is 12.2. The molecule has 1 aliphatic carbocycles. The molecule has 4 rings (SSSR count). The van der Waals surface area contributed by atoms with E-state index in [2.05, 4.69) is 31.4 Å². The molecule has 1 unspecified atom stereocenters.